The van der Waals surface area contributed by atoms with Gasteiger partial charge in [-0.3, -0.25) is 4.90 Å². The van der Waals surface area contributed by atoms with Crippen LogP contribution in [-0.2, 0) is 23.7 Å². The van der Waals surface area contributed by atoms with Crippen molar-refractivity contribution in [3.63, 3.8) is 0 Å². The van der Waals surface area contributed by atoms with Crippen molar-refractivity contribution in [2.45, 2.75) is 214 Å². The van der Waals surface area contributed by atoms with Gasteiger partial charge in [-0.15, -0.1) is 0 Å². The molecule has 4 fully saturated rings. The lowest BCUT2D eigenvalue weighted by Crippen LogP contribution is -2.48. The van der Waals surface area contributed by atoms with E-state index in [1.807, 2.05) is 0 Å². The van der Waals surface area contributed by atoms with E-state index >= 15 is 0 Å². The molecular weight excluding hydrogens is 767 g/mol. The minimum atomic E-state index is 0.111. The van der Waals surface area contributed by atoms with Crippen molar-refractivity contribution in [2.24, 2.45) is 46.8 Å². The Hall–Kier alpha value is -0.760. The molecule has 62 heavy (non-hydrogen) atoms. The van der Waals surface area contributed by atoms with Gasteiger partial charge in [-0.1, -0.05) is 135 Å². The van der Waals surface area contributed by atoms with Crippen LogP contribution < -0.4 is 0 Å². The highest BCUT2D eigenvalue weighted by atomic mass is 16.6. The largest absolute Gasteiger partial charge is 0.379 e. The van der Waals surface area contributed by atoms with E-state index < -0.39 is 0 Å². The van der Waals surface area contributed by atoms with Gasteiger partial charge in [0, 0.05) is 26.2 Å². The average Bonchev–Trinajstić information content (AvgIpc) is 3.72. The fraction of sp³-hybridized carbons (Fsp3) is 0.929. The van der Waals surface area contributed by atoms with Crippen molar-refractivity contribution in [2.75, 3.05) is 72.5 Å². The Balaban J connectivity index is 0.899. The predicted octanol–water partition coefficient (Wildman–Crippen LogP) is 14.2. The van der Waals surface area contributed by atoms with Crippen LogP contribution in [-0.4, -0.2) is 89.6 Å². The van der Waals surface area contributed by atoms with E-state index in [-0.39, 0.29) is 6.10 Å². The molecule has 5 aliphatic rings. The first-order valence-corrected chi connectivity index (χ1v) is 27.4. The van der Waals surface area contributed by atoms with Gasteiger partial charge >= 0.3 is 0 Å². The Bertz CT molecular complexity index is 1200. The average molecular weight is 868 g/mol. The molecule has 6 nitrogen and oxygen atoms in total. The van der Waals surface area contributed by atoms with Gasteiger partial charge in [-0.25, -0.2) is 0 Å². The normalized spacial score (nSPS) is 28.8. The summed E-state index contributed by atoms with van der Waals surface area (Å²) in [5.74, 6) is 6.55. The van der Waals surface area contributed by atoms with Gasteiger partial charge in [0.15, 0.2) is 0 Å². The van der Waals surface area contributed by atoms with E-state index in [0.717, 1.165) is 100 Å². The maximum atomic E-state index is 6.50. The molecule has 4 aliphatic carbocycles. The van der Waals surface area contributed by atoms with Crippen LogP contribution in [0.1, 0.15) is 202 Å². The number of nitrogens with zero attached hydrogens (tertiary/aromatic N) is 1. The maximum absolute atomic E-state index is 6.50. The fourth-order valence-corrected chi connectivity index (χ4v) is 12.9. The molecule has 1 aliphatic heterocycles. The van der Waals surface area contributed by atoms with Crippen molar-refractivity contribution in [1.29, 1.82) is 0 Å². The van der Waals surface area contributed by atoms with Crippen molar-refractivity contribution in [1.82, 2.24) is 4.90 Å². The summed E-state index contributed by atoms with van der Waals surface area (Å²) in [5, 5.41) is 0. The molecule has 0 amide bonds. The molecule has 1 heterocycles. The lowest BCUT2D eigenvalue weighted by Gasteiger charge is -2.55. The van der Waals surface area contributed by atoms with E-state index in [0.29, 0.717) is 44.6 Å². The molecule has 9 atom stereocenters. The molecule has 0 aromatic heterocycles. The van der Waals surface area contributed by atoms with Gasteiger partial charge in [0.05, 0.1) is 58.5 Å². The number of allylic oxidation sites excluding steroid dienone is 3. The van der Waals surface area contributed by atoms with E-state index in [4.69, 9.17) is 23.7 Å². The molecule has 0 aromatic carbocycles. The van der Waals surface area contributed by atoms with Crippen LogP contribution >= 0.6 is 0 Å². The molecule has 0 spiro atoms. The number of unbranched alkanes of at least 4 members (excludes halogenated alkanes) is 12. The molecule has 1 saturated heterocycles. The van der Waals surface area contributed by atoms with Crippen molar-refractivity contribution in [3.8, 4) is 0 Å². The second-order valence-corrected chi connectivity index (χ2v) is 21.7. The fourth-order valence-electron chi connectivity index (χ4n) is 12.9. The number of rotatable bonds is 34. The Morgan fingerprint density at radius 3 is 2.18 bits per heavy atom. The van der Waals surface area contributed by atoms with Gasteiger partial charge in [0.25, 0.3) is 0 Å². The summed E-state index contributed by atoms with van der Waals surface area (Å²) in [6, 6.07) is 0. The van der Waals surface area contributed by atoms with Crippen molar-refractivity contribution in [3.05, 3.63) is 23.8 Å². The molecule has 6 heteroatoms. The summed E-state index contributed by atoms with van der Waals surface area (Å²) in [4.78, 5) is 2.50. The Labute approximate surface area is 384 Å². The third-order valence-electron chi connectivity index (χ3n) is 16.7. The van der Waals surface area contributed by atoms with Crippen LogP contribution in [0.15, 0.2) is 23.8 Å². The summed E-state index contributed by atoms with van der Waals surface area (Å²) in [6.45, 7) is 21.1. The van der Waals surface area contributed by atoms with E-state index in [1.165, 1.54) is 148 Å². The maximum Gasteiger partial charge on any atom is 0.0821 e. The predicted molar refractivity (Wildman–Crippen MR) is 261 cm³/mol. The number of morpholine rings is 1. The van der Waals surface area contributed by atoms with Crippen LogP contribution in [0.2, 0.25) is 0 Å². The summed E-state index contributed by atoms with van der Waals surface area (Å²) >= 11 is 0. The number of fused-ring (bicyclic) bond motifs is 5. The molecule has 0 radical (unpaired) electrons. The molecule has 0 bridgehead atoms. The van der Waals surface area contributed by atoms with Crippen LogP contribution in [0.25, 0.3) is 0 Å². The molecular formula is C56H101NO5. The summed E-state index contributed by atoms with van der Waals surface area (Å²) in [7, 11) is 0. The standard InChI is InChI=1S/C56H101NO5/c1-6-7-8-9-10-11-12-13-14-15-16-17-18-19-20-21-37-60-45-50(32-34-57-35-38-58-39-36-57)62-43-41-59-40-42-61-49-31-33-56(5)48(44-49)25-26-54-53-28-27-51(52(53)29-30-55(54)56)47(4)24-22-23-46(2)3/h13-14,25,46-47,49-55H,6-12,15-24,26-45H2,1-5H3/b14-13-/t47-,49?,50?,51-,52?,53-,54+,55+,56+/m1/s1. The molecule has 0 aromatic rings. The monoisotopic (exact) mass is 868 g/mol. The number of hydrogen-bond acceptors (Lipinski definition) is 6. The molecule has 0 N–H and O–H groups in total. The zero-order chi connectivity index (χ0) is 43.7. The minimum absolute atomic E-state index is 0.111. The summed E-state index contributed by atoms with van der Waals surface area (Å²) in [6.07, 6.45) is 42.9. The Kier molecular flexibility index (Phi) is 25.7. The number of ether oxygens (including phenoxy) is 5. The highest BCUT2D eigenvalue weighted by Crippen LogP contribution is 2.63. The third kappa shape index (κ3) is 18.1. The van der Waals surface area contributed by atoms with Crippen molar-refractivity contribution < 1.29 is 23.7 Å². The topological polar surface area (TPSA) is 49.4 Å². The van der Waals surface area contributed by atoms with Crippen LogP contribution in [0, 0.1) is 46.8 Å². The molecule has 3 saturated carbocycles. The Morgan fingerprint density at radius 1 is 0.710 bits per heavy atom. The zero-order valence-corrected chi connectivity index (χ0v) is 41.6. The number of hydrogen-bond donors (Lipinski definition) is 0. The van der Waals surface area contributed by atoms with Crippen LogP contribution in [0.3, 0.4) is 0 Å². The van der Waals surface area contributed by atoms with Gasteiger partial charge < -0.3 is 23.7 Å². The first-order valence-electron chi connectivity index (χ1n) is 27.4. The van der Waals surface area contributed by atoms with Crippen LogP contribution in [0.4, 0.5) is 0 Å². The second-order valence-electron chi connectivity index (χ2n) is 21.7. The minimum Gasteiger partial charge on any atom is -0.379 e. The second kappa shape index (κ2) is 30.5. The van der Waals surface area contributed by atoms with E-state index in [1.54, 1.807) is 5.57 Å². The SMILES string of the molecule is CCCCCCCC/C=C\CCCCCCCCOCC(CCN1CCOCC1)OCCOCCOC1CC[C@@]2(C)C(=CC[C@H]3[C@@H]4CC[C@H]([C@H](C)CCCC(C)C)C4CC[C@@H]32)C1. The zero-order valence-electron chi connectivity index (χ0n) is 41.6. The molecule has 3 unspecified atom stereocenters. The van der Waals surface area contributed by atoms with Gasteiger partial charge in [0.1, 0.15) is 0 Å². The molecule has 360 valence electrons. The van der Waals surface area contributed by atoms with Crippen LogP contribution in [0.5, 0.6) is 0 Å². The highest BCUT2D eigenvalue weighted by molar-refractivity contribution is 5.25. The van der Waals surface area contributed by atoms with E-state index in [2.05, 4.69) is 57.7 Å². The summed E-state index contributed by atoms with van der Waals surface area (Å²) < 4.78 is 30.7. The lowest BCUT2D eigenvalue weighted by molar-refractivity contribution is -0.0632. The highest BCUT2D eigenvalue weighted by Gasteiger charge is 2.54. The first kappa shape index (κ1) is 52.2. The van der Waals surface area contributed by atoms with Gasteiger partial charge in [-0.2, -0.15) is 0 Å². The smallest absolute Gasteiger partial charge is 0.0821 e. The molecule has 5 rings (SSSR count). The lowest BCUT2D eigenvalue weighted by atomic mass is 9.50. The van der Waals surface area contributed by atoms with E-state index in [9.17, 15) is 0 Å². The quantitative estimate of drug-likeness (QED) is 0.0474. The van der Waals surface area contributed by atoms with Gasteiger partial charge in [-0.05, 0) is 137 Å². The summed E-state index contributed by atoms with van der Waals surface area (Å²) in [5.41, 5.74) is 2.13. The van der Waals surface area contributed by atoms with Gasteiger partial charge in [0.2, 0.25) is 0 Å². The Morgan fingerprint density at radius 2 is 1.42 bits per heavy atom. The first-order chi connectivity index (χ1) is 30.4. The third-order valence-corrected chi connectivity index (χ3v) is 16.7. The van der Waals surface area contributed by atoms with Crippen molar-refractivity contribution >= 4 is 0 Å².